The second-order valence-corrected chi connectivity index (χ2v) is 7.46. The number of hydrogen-bond donors (Lipinski definition) is 0. The SMILES string of the molecule is Cn1cnc2ccc(C3=CCc4ncc(-c5cnn(-c6ccccn6)c5)cc43)cc21. The topological polar surface area (TPSA) is 61.4 Å². The van der Waals surface area contributed by atoms with Crippen molar-refractivity contribution in [2.24, 2.45) is 7.05 Å². The van der Waals surface area contributed by atoms with Crippen molar-refractivity contribution >= 4 is 16.6 Å². The third kappa shape index (κ3) is 2.65. The van der Waals surface area contributed by atoms with Crippen LogP contribution in [-0.4, -0.2) is 29.3 Å². The molecule has 4 heterocycles. The van der Waals surface area contributed by atoms with Crippen molar-refractivity contribution in [1.82, 2.24) is 29.3 Å². The Kier molecular flexibility index (Phi) is 3.64. The van der Waals surface area contributed by atoms with E-state index in [1.54, 1.807) is 10.9 Å². The molecule has 0 amide bonds. The Morgan fingerprint density at radius 3 is 2.77 bits per heavy atom. The zero-order valence-electron chi connectivity index (χ0n) is 16.4. The normalized spacial score (nSPS) is 12.9. The summed E-state index contributed by atoms with van der Waals surface area (Å²) in [5.74, 6) is 0.794. The highest BCUT2D eigenvalue weighted by Crippen LogP contribution is 2.35. The van der Waals surface area contributed by atoms with Gasteiger partial charge in [0.1, 0.15) is 0 Å². The Bertz CT molecular complexity index is 1420. The molecule has 4 aromatic heterocycles. The second-order valence-electron chi connectivity index (χ2n) is 7.46. The minimum absolute atomic E-state index is 0.794. The highest BCUT2D eigenvalue weighted by Gasteiger charge is 2.19. The van der Waals surface area contributed by atoms with Gasteiger partial charge in [-0.15, -0.1) is 0 Å². The monoisotopic (exact) mass is 390 g/mol. The molecule has 0 unspecified atom stereocenters. The number of aromatic nitrogens is 6. The lowest BCUT2D eigenvalue weighted by Gasteiger charge is -2.08. The number of allylic oxidation sites excluding steroid dienone is 1. The summed E-state index contributed by atoms with van der Waals surface area (Å²) in [6, 6.07) is 14.4. The molecule has 144 valence electrons. The zero-order chi connectivity index (χ0) is 20.1. The van der Waals surface area contributed by atoms with E-state index in [0.29, 0.717) is 0 Å². The summed E-state index contributed by atoms with van der Waals surface area (Å²) in [7, 11) is 2.02. The molecule has 0 bridgehead atoms. The number of benzene rings is 1. The molecule has 1 aliphatic carbocycles. The van der Waals surface area contributed by atoms with Crippen LogP contribution in [-0.2, 0) is 13.5 Å². The Labute approximate surface area is 173 Å². The van der Waals surface area contributed by atoms with Gasteiger partial charge in [-0.05, 0) is 41.5 Å². The van der Waals surface area contributed by atoms with E-state index >= 15 is 0 Å². The number of fused-ring (bicyclic) bond motifs is 2. The van der Waals surface area contributed by atoms with Crippen molar-refractivity contribution in [3.05, 3.63) is 96.5 Å². The Balaban J connectivity index is 1.39. The molecular weight excluding hydrogens is 372 g/mol. The molecule has 5 aromatic rings. The standard InChI is InChI=1S/C24H18N6/c1-29-15-27-22-7-5-16(11-23(22)29)19-6-8-21-20(19)10-17(12-26-21)18-13-28-30(14-18)24-4-2-3-9-25-24/h2-7,9-15H,8H2,1H3. The molecule has 6 rings (SSSR count). The molecule has 6 heteroatoms. The fourth-order valence-electron chi connectivity index (χ4n) is 4.01. The van der Waals surface area contributed by atoms with Crippen molar-refractivity contribution in [2.75, 3.05) is 0 Å². The van der Waals surface area contributed by atoms with Crippen molar-refractivity contribution < 1.29 is 0 Å². The first-order valence-corrected chi connectivity index (χ1v) is 9.84. The van der Waals surface area contributed by atoms with Crippen molar-refractivity contribution in [2.45, 2.75) is 6.42 Å². The zero-order valence-corrected chi connectivity index (χ0v) is 16.4. The molecule has 0 saturated heterocycles. The minimum Gasteiger partial charge on any atom is -0.334 e. The number of imidazole rings is 1. The fourth-order valence-corrected chi connectivity index (χ4v) is 4.01. The molecule has 30 heavy (non-hydrogen) atoms. The van der Waals surface area contributed by atoms with E-state index in [-0.39, 0.29) is 0 Å². The number of aryl methyl sites for hydroxylation is 1. The molecule has 0 radical (unpaired) electrons. The Hall–Kier alpha value is -4.06. The summed E-state index contributed by atoms with van der Waals surface area (Å²) in [6.07, 6.45) is 12.5. The van der Waals surface area contributed by atoms with Gasteiger partial charge >= 0.3 is 0 Å². The predicted octanol–water partition coefficient (Wildman–Crippen LogP) is 4.20. The maximum Gasteiger partial charge on any atom is 0.153 e. The molecule has 1 aromatic carbocycles. The van der Waals surface area contributed by atoms with Crippen LogP contribution in [0.15, 0.2) is 79.7 Å². The molecule has 0 spiro atoms. The van der Waals surface area contributed by atoms with E-state index in [1.807, 2.05) is 50.2 Å². The van der Waals surface area contributed by atoms with E-state index in [4.69, 9.17) is 4.98 Å². The molecule has 0 aliphatic heterocycles. The Morgan fingerprint density at radius 2 is 1.87 bits per heavy atom. The smallest absolute Gasteiger partial charge is 0.153 e. The third-order valence-electron chi connectivity index (χ3n) is 5.60. The predicted molar refractivity (Wildman–Crippen MR) is 116 cm³/mol. The Morgan fingerprint density at radius 1 is 0.900 bits per heavy atom. The molecule has 0 saturated carbocycles. The number of nitrogens with zero attached hydrogens (tertiary/aromatic N) is 6. The molecule has 1 aliphatic rings. The molecule has 6 nitrogen and oxygen atoms in total. The lowest BCUT2D eigenvalue weighted by atomic mass is 9.98. The van der Waals surface area contributed by atoms with Crippen molar-refractivity contribution in [3.8, 4) is 16.9 Å². The second kappa shape index (κ2) is 6.49. The maximum atomic E-state index is 4.74. The highest BCUT2D eigenvalue weighted by atomic mass is 15.3. The van der Waals surface area contributed by atoms with Gasteiger partial charge in [-0.2, -0.15) is 5.10 Å². The molecule has 0 fully saturated rings. The summed E-state index contributed by atoms with van der Waals surface area (Å²) >= 11 is 0. The van der Waals surface area contributed by atoms with E-state index in [0.717, 1.165) is 40.1 Å². The van der Waals surface area contributed by atoms with Crippen LogP contribution in [0.5, 0.6) is 0 Å². The van der Waals surface area contributed by atoms with E-state index in [1.165, 1.54) is 16.7 Å². The van der Waals surface area contributed by atoms with Crippen LogP contribution < -0.4 is 0 Å². The molecule has 0 atom stereocenters. The van der Waals surface area contributed by atoms with Gasteiger partial charge in [0.05, 0.1) is 29.3 Å². The van der Waals surface area contributed by atoms with Gasteiger partial charge in [-0.1, -0.05) is 18.2 Å². The average Bonchev–Trinajstić information content (AvgIpc) is 3.52. The summed E-state index contributed by atoms with van der Waals surface area (Å²) in [4.78, 5) is 13.5. The molecule has 0 N–H and O–H groups in total. The maximum absolute atomic E-state index is 4.74. The summed E-state index contributed by atoms with van der Waals surface area (Å²) < 4.78 is 3.84. The van der Waals surface area contributed by atoms with Crippen molar-refractivity contribution in [1.29, 1.82) is 0 Å². The number of pyridine rings is 2. The van der Waals surface area contributed by atoms with Crippen LogP contribution in [0.4, 0.5) is 0 Å². The van der Waals surface area contributed by atoms with Gasteiger partial charge in [-0.3, -0.25) is 4.98 Å². The lowest BCUT2D eigenvalue weighted by Crippen LogP contribution is -1.96. The fraction of sp³-hybridized carbons (Fsp3) is 0.0833. The van der Waals surface area contributed by atoms with Crippen LogP contribution in [0.2, 0.25) is 0 Å². The summed E-state index contributed by atoms with van der Waals surface area (Å²) in [6.45, 7) is 0. The summed E-state index contributed by atoms with van der Waals surface area (Å²) in [5, 5.41) is 4.47. The van der Waals surface area contributed by atoms with Gasteiger partial charge in [-0.25, -0.2) is 14.6 Å². The first-order valence-electron chi connectivity index (χ1n) is 9.84. The van der Waals surface area contributed by atoms with Gasteiger partial charge < -0.3 is 4.57 Å². The van der Waals surface area contributed by atoms with E-state index < -0.39 is 0 Å². The van der Waals surface area contributed by atoms with Crippen molar-refractivity contribution in [3.63, 3.8) is 0 Å². The van der Waals surface area contributed by atoms with Crippen LogP contribution >= 0.6 is 0 Å². The van der Waals surface area contributed by atoms with E-state index in [9.17, 15) is 0 Å². The van der Waals surface area contributed by atoms with Gasteiger partial charge in [0.15, 0.2) is 5.82 Å². The first kappa shape index (κ1) is 16.9. The number of rotatable bonds is 3. The number of hydrogen-bond acceptors (Lipinski definition) is 4. The van der Waals surface area contributed by atoms with Gasteiger partial charge in [0.2, 0.25) is 0 Å². The van der Waals surface area contributed by atoms with Gasteiger partial charge in [0, 0.05) is 48.7 Å². The van der Waals surface area contributed by atoms with Crippen LogP contribution in [0.3, 0.4) is 0 Å². The van der Waals surface area contributed by atoms with Crippen LogP contribution in [0, 0.1) is 0 Å². The summed E-state index contributed by atoms with van der Waals surface area (Å²) in [5.41, 5.74) is 8.90. The third-order valence-corrected chi connectivity index (χ3v) is 5.60. The minimum atomic E-state index is 0.794. The van der Waals surface area contributed by atoms with E-state index in [2.05, 4.69) is 50.0 Å². The van der Waals surface area contributed by atoms with Gasteiger partial charge in [0.25, 0.3) is 0 Å². The van der Waals surface area contributed by atoms with Crippen LogP contribution in [0.25, 0.3) is 33.6 Å². The highest BCUT2D eigenvalue weighted by molar-refractivity contribution is 5.89. The largest absolute Gasteiger partial charge is 0.334 e. The lowest BCUT2D eigenvalue weighted by molar-refractivity contribution is 0.847. The van der Waals surface area contributed by atoms with Crippen LogP contribution in [0.1, 0.15) is 16.8 Å². The average molecular weight is 390 g/mol. The quantitative estimate of drug-likeness (QED) is 0.463. The molecular formula is C24H18N6. The first-order chi connectivity index (χ1) is 14.8.